The molecule has 0 radical (unpaired) electrons. The largest absolute Gasteiger partial charge is 0.311 e. The molecule has 0 saturated carbocycles. The number of rotatable bonds is 2. The minimum atomic E-state index is -3.33. The zero-order valence-electron chi connectivity index (χ0n) is 9.70. The van der Waals surface area contributed by atoms with Crippen LogP contribution in [-0.2, 0) is 16.9 Å². The summed E-state index contributed by atoms with van der Waals surface area (Å²) in [5.74, 6) is 0. The monoisotopic (exact) mass is 256 g/mol. The van der Waals surface area contributed by atoms with Crippen LogP contribution in [0.5, 0.6) is 0 Å². The number of aryl methyl sites for hydroxylation is 1. The Hall–Kier alpha value is -0.950. The fourth-order valence-corrected chi connectivity index (χ4v) is 4.82. The molecule has 2 bridgehead atoms. The molecule has 1 aromatic heterocycles. The highest BCUT2D eigenvalue weighted by atomic mass is 32.2. The maximum atomic E-state index is 12.4. The van der Waals surface area contributed by atoms with Gasteiger partial charge in [-0.3, -0.25) is 0 Å². The van der Waals surface area contributed by atoms with Gasteiger partial charge in [0.25, 0.3) is 0 Å². The predicted octanol–water partition coefficient (Wildman–Crippen LogP) is -0.128. The molecule has 1 N–H and O–H groups in total. The number of fused-ring (bicyclic) bond motifs is 2. The van der Waals surface area contributed by atoms with Crippen molar-refractivity contribution in [3.63, 3.8) is 0 Å². The Morgan fingerprint density at radius 3 is 2.53 bits per heavy atom. The predicted molar refractivity (Wildman–Crippen MR) is 61.2 cm³/mol. The van der Waals surface area contributed by atoms with E-state index in [4.69, 9.17) is 0 Å². The van der Waals surface area contributed by atoms with Crippen molar-refractivity contribution in [2.24, 2.45) is 7.05 Å². The fourth-order valence-electron chi connectivity index (χ4n) is 2.94. The maximum absolute atomic E-state index is 12.4. The highest BCUT2D eigenvalue weighted by Crippen LogP contribution is 2.32. The molecular formula is C10H16N4O2S. The average molecular weight is 256 g/mol. The summed E-state index contributed by atoms with van der Waals surface area (Å²) >= 11 is 0. The van der Waals surface area contributed by atoms with Crippen LogP contribution in [0.15, 0.2) is 11.5 Å². The summed E-state index contributed by atoms with van der Waals surface area (Å²) in [5, 5.41) is 10.6. The van der Waals surface area contributed by atoms with E-state index in [1.54, 1.807) is 7.05 Å². The summed E-state index contributed by atoms with van der Waals surface area (Å²) in [6.45, 7) is 0. The van der Waals surface area contributed by atoms with Gasteiger partial charge in [0.1, 0.15) is 6.33 Å². The number of nitrogens with zero attached hydrogens (tertiary/aromatic N) is 3. The van der Waals surface area contributed by atoms with Gasteiger partial charge in [-0.25, -0.2) is 8.42 Å². The van der Waals surface area contributed by atoms with Crippen molar-refractivity contribution in [2.75, 3.05) is 0 Å². The third-order valence-electron chi connectivity index (χ3n) is 3.79. The summed E-state index contributed by atoms with van der Waals surface area (Å²) in [4.78, 5) is 0. The third kappa shape index (κ3) is 1.77. The molecule has 3 rings (SSSR count). The molecule has 3 heterocycles. The van der Waals surface area contributed by atoms with Crippen molar-refractivity contribution >= 4 is 9.84 Å². The van der Waals surface area contributed by atoms with E-state index in [2.05, 4.69) is 15.5 Å². The van der Waals surface area contributed by atoms with Gasteiger partial charge in [0.05, 0.1) is 5.25 Å². The van der Waals surface area contributed by atoms with Gasteiger partial charge in [-0.05, 0) is 25.7 Å². The molecular weight excluding hydrogens is 240 g/mol. The first kappa shape index (κ1) is 11.2. The lowest BCUT2D eigenvalue weighted by Gasteiger charge is -2.28. The van der Waals surface area contributed by atoms with Crippen molar-refractivity contribution in [3.8, 4) is 0 Å². The minimum Gasteiger partial charge on any atom is -0.311 e. The Bertz CT molecular complexity index is 512. The number of hydrogen-bond acceptors (Lipinski definition) is 5. The number of hydrogen-bond donors (Lipinski definition) is 1. The van der Waals surface area contributed by atoms with Crippen molar-refractivity contribution < 1.29 is 8.42 Å². The van der Waals surface area contributed by atoms with Gasteiger partial charge < -0.3 is 9.88 Å². The quantitative estimate of drug-likeness (QED) is 0.797. The smallest absolute Gasteiger partial charge is 0.249 e. The van der Waals surface area contributed by atoms with E-state index in [1.807, 2.05) is 0 Å². The van der Waals surface area contributed by atoms with E-state index >= 15 is 0 Å². The molecule has 17 heavy (non-hydrogen) atoms. The Kier molecular flexibility index (Phi) is 2.48. The summed E-state index contributed by atoms with van der Waals surface area (Å²) in [5.41, 5.74) is 0. The molecule has 94 valence electrons. The van der Waals surface area contributed by atoms with Crippen molar-refractivity contribution in [2.45, 2.75) is 48.2 Å². The third-order valence-corrected chi connectivity index (χ3v) is 5.93. The van der Waals surface area contributed by atoms with E-state index in [-0.39, 0.29) is 10.4 Å². The lowest BCUT2D eigenvalue weighted by atomic mass is 10.1. The van der Waals surface area contributed by atoms with Crippen LogP contribution in [0.25, 0.3) is 0 Å². The van der Waals surface area contributed by atoms with Crippen LogP contribution in [0.1, 0.15) is 25.7 Å². The van der Waals surface area contributed by atoms with Crippen LogP contribution in [0.2, 0.25) is 0 Å². The second kappa shape index (κ2) is 3.78. The van der Waals surface area contributed by atoms with Crippen LogP contribution in [0.3, 0.4) is 0 Å². The average Bonchev–Trinajstić information content (AvgIpc) is 2.85. The number of sulfone groups is 1. The fraction of sp³-hybridized carbons (Fsp3) is 0.800. The van der Waals surface area contributed by atoms with E-state index in [0.717, 1.165) is 12.8 Å². The summed E-state index contributed by atoms with van der Waals surface area (Å²) in [7, 11) is -1.66. The Morgan fingerprint density at radius 1 is 1.35 bits per heavy atom. The Morgan fingerprint density at radius 2 is 2.00 bits per heavy atom. The Labute approximate surface area is 100 Å². The van der Waals surface area contributed by atoms with Crippen LogP contribution in [0, 0.1) is 0 Å². The Balaban J connectivity index is 1.91. The first-order valence-electron chi connectivity index (χ1n) is 5.91. The molecule has 2 aliphatic heterocycles. The zero-order chi connectivity index (χ0) is 12.0. The second-order valence-corrected chi connectivity index (χ2v) is 7.12. The molecule has 1 aromatic rings. The van der Waals surface area contributed by atoms with Gasteiger partial charge in [-0.2, -0.15) is 0 Å². The van der Waals surface area contributed by atoms with Gasteiger partial charge in [-0.15, -0.1) is 10.2 Å². The molecule has 0 aromatic carbocycles. The van der Waals surface area contributed by atoms with Gasteiger partial charge >= 0.3 is 0 Å². The van der Waals surface area contributed by atoms with Gasteiger partial charge in [0.2, 0.25) is 15.0 Å². The van der Waals surface area contributed by atoms with Crippen molar-refractivity contribution in [3.05, 3.63) is 6.33 Å². The standard InChI is InChI=1S/C10H16N4O2S/c1-14-6-11-13-10(14)17(15,16)9-4-7-2-3-8(5-9)12-7/h6-9,12H,2-5H2,1H3/t7-,8+,9?. The van der Waals surface area contributed by atoms with Crippen molar-refractivity contribution in [1.29, 1.82) is 0 Å². The van der Waals surface area contributed by atoms with Gasteiger partial charge in [-0.1, -0.05) is 0 Å². The molecule has 2 aliphatic rings. The van der Waals surface area contributed by atoms with E-state index in [0.29, 0.717) is 24.9 Å². The van der Waals surface area contributed by atoms with Crippen LogP contribution < -0.4 is 5.32 Å². The normalized spacial score (nSPS) is 32.9. The summed E-state index contributed by atoms with van der Waals surface area (Å²) in [6, 6.07) is 0.725. The minimum absolute atomic E-state index is 0.101. The van der Waals surface area contributed by atoms with Crippen LogP contribution >= 0.6 is 0 Å². The first-order valence-corrected chi connectivity index (χ1v) is 7.46. The number of piperidine rings is 1. The molecule has 3 atom stereocenters. The van der Waals surface area contributed by atoms with E-state index < -0.39 is 9.84 Å². The molecule has 6 nitrogen and oxygen atoms in total. The number of nitrogens with one attached hydrogen (secondary N) is 1. The first-order chi connectivity index (χ1) is 8.07. The molecule has 0 aliphatic carbocycles. The highest BCUT2D eigenvalue weighted by molar-refractivity contribution is 7.91. The molecule has 2 saturated heterocycles. The zero-order valence-corrected chi connectivity index (χ0v) is 10.5. The lowest BCUT2D eigenvalue weighted by Crippen LogP contribution is -2.43. The highest BCUT2D eigenvalue weighted by Gasteiger charge is 2.41. The molecule has 1 unspecified atom stereocenters. The van der Waals surface area contributed by atoms with Crippen LogP contribution in [0.4, 0.5) is 0 Å². The van der Waals surface area contributed by atoms with Crippen LogP contribution in [-0.4, -0.2) is 40.5 Å². The van der Waals surface area contributed by atoms with Gasteiger partial charge in [0.15, 0.2) is 0 Å². The summed E-state index contributed by atoms with van der Waals surface area (Å²) in [6.07, 6.45) is 5.02. The van der Waals surface area contributed by atoms with Crippen molar-refractivity contribution in [1.82, 2.24) is 20.1 Å². The molecule has 7 heteroatoms. The second-order valence-electron chi connectivity index (χ2n) is 5.00. The SMILES string of the molecule is Cn1cnnc1S(=O)(=O)C1C[C@H]2CC[C@@H](C1)N2. The molecule has 0 spiro atoms. The van der Waals surface area contributed by atoms with E-state index in [1.165, 1.54) is 10.9 Å². The number of aromatic nitrogens is 3. The van der Waals surface area contributed by atoms with E-state index in [9.17, 15) is 8.42 Å². The lowest BCUT2D eigenvalue weighted by molar-refractivity contribution is 0.399. The maximum Gasteiger partial charge on any atom is 0.249 e. The van der Waals surface area contributed by atoms with Gasteiger partial charge in [0, 0.05) is 19.1 Å². The molecule has 2 fully saturated rings. The molecule has 0 amide bonds. The topological polar surface area (TPSA) is 76.9 Å². The summed E-state index contributed by atoms with van der Waals surface area (Å²) < 4.78 is 26.4.